The summed E-state index contributed by atoms with van der Waals surface area (Å²) in [5, 5.41) is 0.599. The highest BCUT2D eigenvalue weighted by atomic mass is 32.1. The second kappa shape index (κ2) is 8.34. The van der Waals surface area contributed by atoms with Crippen molar-refractivity contribution in [3.8, 4) is 10.9 Å². The van der Waals surface area contributed by atoms with Crippen molar-refractivity contribution >= 4 is 27.7 Å². The number of pyridine rings is 1. The molecular weight excluding hydrogens is 386 g/mol. The van der Waals surface area contributed by atoms with E-state index >= 15 is 0 Å². The summed E-state index contributed by atoms with van der Waals surface area (Å²) in [7, 11) is 0. The van der Waals surface area contributed by atoms with Gasteiger partial charge in [-0.3, -0.25) is 4.90 Å². The molecule has 0 aliphatic carbocycles. The number of carbonyl (C=O) groups excluding carboxylic acids is 1. The summed E-state index contributed by atoms with van der Waals surface area (Å²) in [5.74, 6) is 0.768. The number of rotatable bonds is 5. The molecule has 1 aliphatic heterocycles. The van der Waals surface area contributed by atoms with Gasteiger partial charge in [0.05, 0.1) is 4.70 Å². The van der Waals surface area contributed by atoms with Crippen molar-refractivity contribution in [3.63, 3.8) is 0 Å². The van der Waals surface area contributed by atoms with Crippen LogP contribution in [0.4, 0.5) is 4.79 Å². The van der Waals surface area contributed by atoms with Gasteiger partial charge in [0.15, 0.2) is 5.65 Å². The Bertz CT molecular complexity index is 957. The number of thiazole rings is 1. The Labute approximate surface area is 174 Å². The molecule has 3 heterocycles. The highest BCUT2D eigenvalue weighted by molar-refractivity contribution is 7.20. The minimum atomic E-state index is -0.330. The molecule has 0 spiro atoms. The van der Waals surface area contributed by atoms with E-state index in [-0.39, 0.29) is 12.1 Å². The number of fused-ring (bicyclic) bond motifs is 1. The van der Waals surface area contributed by atoms with Gasteiger partial charge in [0.1, 0.15) is 5.75 Å². The van der Waals surface area contributed by atoms with Gasteiger partial charge in [-0.05, 0) is 50.1 Å². The molecule has 2 N–H and O–H groups in total. The van der Waals surface area contributed by atoms with Crippen LogP contribution in [0.25, 0.3) is 10.3 Å². The van der Waals surface area contributed by atoms with Crippen LogP contribution in [0.3, 0.4) is 0 Å². The summed E-state index contributed by atoms with van der Waals surface area (Å²) in [6.07, 6.45) is 2.68. The summed E-state index contributed by atoms with van der Waals surface area (Å²) in [6, 6.07) is 12.1. The van der Waals surface area contributed by atoms with Gasteiger partial charge in [-0.15, -0.1) is 0 Å². The van der Waals surface area contributed by atoms with E-state index in [4.69, 9.17) is 10.5 Å². The molecular formula is C21H25N5O2S. The molecule has 1 aliphatic rings. The monoisotopic (exact) mass is 411 g/mol. The number of carbonyl (C=O) groups is 1. The molecule has 0 unspecified atom stereocenters. The van der Waals surface area contributed by atoms with Crippen molar-refractivity contribution in [2.45, 2.75) is 32.4 Å². The van der Waals surface area contributed by atoms with Crippen molar-refractivity contribution in [3.05, 3.63) is 48.2 Å². The molecule has 1 aromatic carbocycles. The lowest BCUT2D eigenvalue weighted by Gasteiger charge is -2.43. The Morgan fingerprint density at radius 1 is 1.21 bits per heavy atom. The maximum absolute atomic E-state index is 11.5. The number of nitrogens with two attached hydrogens (primary N) is 1. The number of piperazine rings is 1. The van der Waals surface area contributed by atoms with Gasteiger partial charge in [0.2, 0.25) is 0 Å². The average Bonchev–Trinajstić information content (AvgIpc) is 3.11. The van der Waals surface area contributed by atoms with Crippen LogP contribution in [0, 0.1) is 0 Å². The third-order valence-corrected chi connectivity index (χ3v) is 6.25. The molecule has 2 amide bonds. The number of urea groups is 1. The molecule has 8 heteroatoms. The largest absolute Gasteiger partial charge is 0.431 e. The van der Waals surface area contributed by atoms with Gasteiger partial charge in [-0.2, -0.15) is 4.98 Å². The van der Waals surface area contributed by atoms with E-state index in [0.29, 0.717) is 23.4 Å². The number of amides is 2. The molecule has 152 valence electrons. The van der Waals surface area contributed by atoms with Crippen molar-refractivity contribution in [1.29, 1.82) is 0 Å². The van der Waals surface area contributed by atoms with E-state index < -0.39 is 0 Å². The zero-order valence-electron chi connectivity index (χ0n) is 16.6. The Hall–Kier alpha value is -2.71. The van der Waals surface area contributed by atoms with Crippen molar-refractivity contribution in [2.75, 3.05) is 19.6 Å². The second-order valence-corrected chi connectivity index (χ2v) is 8.48. The van der Waals surface area contributed by atoms with Gasteiger partial charge < -0.3 is 15.4 Å². The Morgan fingerprint density at radius 2 is 2.00 bits per heavy atom. The number of benzene rings is 1. The van der Waals surface area contributed by atoms with E-state index in [1.807, 2.05) is 31.2 Å². The molecule has 1 saturated heterocycles. The third kappa shape index (κ3) is 4.49. The van der Waals surface area contributed by atoms with Crippen LogP contribution in [-0.2, 0) is 6.42 Å². The first-order valence-electron chi connectivity index (χ1n) is 9.78. The first kappa shape index (κ1) is 19.6. The molecule has 0 bridgehead atoms. The van der Waals surface area contributed by atoms with E-state index in [9.17, 15) is 4.79 Å². The lowest BCUT2D eigenvalue weighted by Crippen LogP contribution is -2.59. The zero-order valence-corrected chi connectivity index (χ0v) is 17.4. The number of nitrogens with zero attached hydrogens (tertiary/aromatic N) is 4. The van der Waals surface area contributed by atoms with E-state index in [0.717, 1.165) is 30.0 Å². The van der Waals surface area contributed by atoms with Crippen molar-refractivity contribution in [2.24, 2.45) is 5.73 Å². The molecule has 29 heavy (non-hydrogen) atoms. The second-order valence-electron chi connectivity index (χ2n) is 7.48. The van der Waals surface area contributed by atoms with E-state index in [2.05, 4.69) is 33.9 Å². The quantitative estimate of drug-likeness (QED) is 0.695. The summed E-state index contributed by atoms with van der Waals surface area (Å²) in [6.45, 7) is 6.66. The Kier molecular flexibility index (Phi) is 5.64. The maximum Gasteiger partial charge on any atom is 0.315 e. The highest BCUT2D eigenvalue weighted by Gasteiger charge is 2.30. The van der Waals surface area contributed by atoms with Crippen LogP contribution in [-0.4, -0.2) is 57.5 Å². The molecule has 0 saturated carbocycles. The zero-order chi connectivity index (χ0) is 20.4. The maximum atomic E-state index is 11.5. The molecule has 2 aromatic heterocycles. The van der Waals surface area contributed by atoms with Crippen molar-refractivity contribution in [1.82, 2.24) is 19.8 Å². The fourth-order valence-electron chi connectivity index (χ4n) is 3.71. The standard InChI is InChI=1S/C21H25N5O2S/c1-14-13-26(20(22)27)15(2)12-25(14)11-9-16-5-7-17(8-6-16)28-21-24-19-18(29-21)4-3-10-23-19/h3-8,10,14-15H,9,11-13H2,1-2H3,(H2,22,27)/t14-,15-/m0/s1. The number of aromatic nitrogens is 2. The first-order chi connectivity index (χ1) is 14.0. The van der Waals surface area contributed by atoms with Crippen LogP contribution < -0.4 is 10.5 Å². The summed E-state index contributed by atoms with van der Waals surface area (Å²) in [4.78, 5) is 24.3. The molecule has 7 nitrogen and oxygen atoms in total. The summed E-state index contributed by atoms with van der Waals surface area (Å²) >= 11 is 1.49. The van der Waals surface area contributed by atoms with Gasteiger partial charge >= 0.3 is 6.03 Å². The predicted molar refractivity (Wildman–Crippen MR) is 114 cm³/mol. The smallest absolute Gasteiger partial charge is 0.315 e. The topological polar surface area (TPSA) is 84.6 Å². The van der Waals surface area contributed by atoms with Gasteiger partial charge in [0.25, 0.3) is 5.19 Å². The Balaban J connectivity index is 1.33. The summed E-state index contributed by atoms with van der Waals surface area (Å²) in [5.41, 5.74) is 7.43. The molecule has 1 fully saturated rings. The lowest BCUT2D eigenvalue weighted by atomic mass is 10.1. The predicted octanol–water partition coefficient (Wildman–Crippen LogP) is 3.50. The highest BCUT2D eigenvalue weighted by Crippen LogP contribution is 2.30. The van der Waals surface area contributed by atoms with Gasteiger partial charge in [-0.25, -0.2) is 9.78 Å². The minimum absolute atomic E-state index is 0.141. The van der Waals surface area contributed by atoms with Gasteiger partial charge in [-0.1, -0.05) is 23.5 Å². The number of primary amides is 1. The number of hydrogen-bond donors (Lipinski definition) is 1. The van der Waals surface area contributed by atoms with Crippen LogP contribution >= 0.6 is 11.3 Å². The van der Waals surface area contributed by atoms with Crippen LogP contribution in [0.1, 0.15) is 19.4 Å². The van der Waals surface area contributed by atoms with Crippen LogP contribution in [0.5, 0.6) is 10.9 Å². The summed E-state index contributed by atoms with van der Waals surface area (Å²) < 4.78 is 6.90. The van der Waals surface area contributed by atoms with E-state index in [1.54, 1.807) is 11.1 Å². The molecule has 2 atom stereocenters. The normalized spacial score (nSPS) is 20.1. The SMILES string of the molecule is C[C@H]1CN(C(N)=O)[C@@H](C)CN1CCc1ccc(Oc2nc3ncccc3s2)cc1. The molecule has 3 aromatic rings. The average molecular weight is 412 g/mol. The number of ether oxygens (including phenoxy) is 1. The molecule has 4 rings (SSSR count). The first-order valence-corrected chi connectivity index (χ1v) is 10.6. The third-order valence-electron chi connectivity index (χ3n) is 5.36. The van der Waals surface area contributed by atoms with Gasteiger partial charge in [0, 0.05) is 37.9 Å². The fraction of sp³-hybridized carbons (Fsp3) is 0.381. The minimum Gasteiger partial charge on any atom is -0.431 e. The van der Waals surface area contributed by atoms with Crippen LogP contribution in [0.2, 0.25) is 0 Å². The fourth-order valence-corrected chi connectivity index (χ4v) is 4.50. The Morgan fingerprint density at radius 3 is 2.72 bits per heavy atom. The lowest BCUT2D eigenvalue weighted by molar-refractivity contribution is 0.0673. The van der Waals surface area contributed by atoms with Crippen molar-refractivity contribution < 1.29 is 9.53 Å². The number of hydrogen-bond acceptors (Lipinski definition) is 6. The van der Waals surface area contributed by atoms with E-state index in [1.165, 1.54) is 16.9 Å². The molecule has 0 radical (unpaired) electrons. The van der Waals surface area contributed by atoms with Crippen LogP contribution in [0.15, 0.2) is 42.6 Å².